The summed E-state index contributed by atoms with van der Waals surface area (Å²) in [5.41, 5.74) is 7.26. The van der Waals surface area contributed by atoms with Crippen LogP contribution in [0.1, 0.15) is 19.4 Å². The van der Waals surface area contributed by atoms with E-state index in [9.17, 15) is 0 Å². The Morgan fingerprint density at radius 1 is 1.29 bits per heavy atom. The van der Waals surface area contributed by atoms with Crippen molar-refractivity contribution in [2.45, 2.75) is 20.4 Å². The Hall–Kier alpha value is -1.56. The first-order chi connectivity index (χ1) is 8.24. The van der Waals surface area contributed by atoms with Crippen LogP contribution in [0.3, 0.4) is 0 Å². The second-order valence-electron chi connectivity index (χ2n) is 4.72. The topological polar surface area (TPSA) is 3.24 Å². The maximum Gasteiger partial charge on any atom is 0.0244 e. The largest absolute Gasteiger partial charge is 0.291 e. The van der Waals surface area contributed by atoms with E-state index in [0.29, 0.717) is 0 Å². The summed E-state index contributed by atoms with van der Waals surface area (Å²) in [7, 11) is 0. The van der Waals surface area contributed by atoms with E-state index >= 15 is 0 Å². The van der Waals surface area contributed by atoms with Gasteiger partial charge in [-0.2, -0.15) is 0 Å². The van der Waals surface area contributed by atoms with Crippen molar-refractivity contribution in [3.63, 3.8) is 0 Å². The molecule has 0 spiro atoms. The average molecular weight is 225 g/mol. The minimum atomic E-state index is 1.03. The Bertz CT molecular complexity index is 458. The third-order valence-corrected chi connectivity index (χ3v) is 2.81. The van der Waals surface area contributed by atoms with E-state index in [2.05, 4.69) is 67.0 Å². The minimum absolute atomic E-state index is 1.03. The summed E-state index contributed by atoms with van der Waals surface area (Å²) >= 11 is 0. The van der Waals surface area contributed by atoms with E-state index in [1.807, 2.05) is 0 Å². The number of hydrogen-bond acceptors (Lipinski definition) is 1. The molecule has 0 bridgehead atoms. The van der Waals surface area contributed by atoms with Gasteiger partial charge in [0.15, 0.2) is 0 Å². The Morgan fingerprint density at radius 3 is 2.76 bits per heavy atom. The Labute approximate surface area is 104 Å². The van der Waals surface area contributed by atoms with Gasteiger partial charge in [0, 0.05) is 19.6 Å². The molecule has 17 heavy (non-hydrogen) atoms. The van der Waals surface area contributed by atoms with E-state index in [4.69, 9.17) is 0 Å². The Morgan fingerprint density at radius 2 is 2.06 bits per heavy atom. The summed E-state index contributed by atoms with van der Waals surface area (Å²) < 4.78 is 0. The van der Waals surface area contributed by atoms with Gasteiger partial charge in [0.25, 0.3) is 0 Å². The first kappa shape index (κ1) is 11.9. The van der Waals surface area contributed by atoms with Crippen molar-refractivity contribution in [1.29, 1.82) is 0 Å². The maximum absolute atomic E-state index is 3.27. The lowest BCUT2D eigenvalue weighted by atomic mass is 10.2. The second-order valence-corrected chi connectivity index (χ2v) is 4.72. The summed E-state index contributed by atoms with van der Waals surface area (Å²) in [5.74, 6) is 0. The molecule has 1 nitrogen and oxygen atoms in total. The lowest BCUT2D eigenvalue weighted by Gasteiger charge is -2.14. The fourth-order valence-electron chi connectivity index (χ4n) is 1.94. The number of hydrogen-bond donors (Lipinski definition) is 0. The standard InChI is InChI=1S/C16H19N/c1-14(2)8-9-16-10-11-17(13-16)12-15-6-4-3-5-7-15/h3-7,9-10H,11-13H2,1-2H3. The zero-order chi connectivity index (χ0) is 12.1. The molecular weight excluding hydrogens is 206 g/mol. The SMILES string of the molecule is CC(C)=C=CC1=CCN(Cc2ccccc2)C1. The Kier molecular flexibility index (Phi) is 3.98. The summed E-state index contributed by atoms with van der Waals surface area (Å²) in [4.78, 5) is 2.44. The van der Waals surface area contributed by atoms with Crippen LogP contribution < -0.4 is 0 Å². The van der Waals surface area contributed by atoms with Crippen LogP contribution in [0.5, 0.6) is 0 Å². The van der Waals surface area contributed by atoms with Crippen LogP contribution >= 0.6 is 0 Å². The molecule has 1 heteroatoms. The van der Waals surface area contributed by atoms with Crippen molar-refractivity contribution in [3.05, 3.63) is 64.9 Å². The molecule has 0 aliphatic carbocycles. The van der Waals surface area contributed by atoms with Gasteiger partial charge in [0.1, 0.15) is 0 Å². The molecule has 0 saturated heterocycles. The molecule has 1 heterocycles. The van der Waals surface area contributed by atoms with Crippen LogP contribution in [-0.2, 0) is 6.54 Å². The van der Waals surface area contributed by atoms with Crippen molar-refractivity contribution >= 4 is 0 Å². The predicted octanol–water partition coefficient (Wildman–Crippen LogP) is 3.55. The normalized spacial score (nSPS) is 15.3. The number of rotatable bonds is 3. The smallest absolute Gasteiger partial charge is 0.0244 e. The van der Waals surface area contributed by atoms with Crippen molar-refractivity contribution in [2.24, 2.45) is 0 Å². The molecule has 0 fully saturated rings. The van der Waals surface area contributed by atoms with Crippen molar-refractivity contribution < 1.29 is 0 Å². The molecule has 0 aromatic heterocycles. The van der Waals surface area contributed by atoms with Gasteiger partial charge >= 0.3 is 0 Å². The molecule has 0 saturated carbocycles. The zero-order valence-electron chi connectivity index (χ0n) is 10.6. The van der Waals surface area contributed by atoms with E-state index < -0.39 is 0 Å². The summed E-state index contributed by atoms with van der Waals surface area (Å²) in [6.45, 7) is 7.27. The molecule has 1 aromatic carbocycles. The maximum atomic E-state index is 3.27. The molecule has 0 unspecified atom stereocenters. The average Bonchev–Trinajstić information content (AvgIpc) is 2.75. The van der Waals surface area contributed by atoms with Gasteiger partial charge in [-0.15, -0.1) is 5.73 Å². The van der Waals surface area contributed by atoms with Gasteiger partial charge in [0.05, 0.1) is 0 Å². The minimum Gasteiger partial charge on any atom is -0.291 e. The van der Waals surface area contributed by atoms with E-state index in [1.54, 1.807) is 0 Å². The second kappa shape index (κ2) is 5.67. The molecule has 88 valence electrons. The fraction of sp³-hybridized carbons (Fsp3) is 0.312. The monoisotopic (exact) mass is 225 g/mol. The third-order valence-electron chi connectivity index (χ3n) is 2.81. The van der Waals surface area contributed by atoms with Gasteiger partial charge < -0.3 is 0 Å². The van der Waals surface area contributed by atoms with Crippen LogP contribution in [0.15, 0.2) is 59.4 Å². The summed E-state index contributed by atoms with van der Waals surface area (Å²) in [5, 5.41) is 0. The predicted molar refractivity (Wildman–Crippen MR) is 72.7 cm³/mol. The molecule has 1 aliphatic heterocycles. The van der Waals surface area contributed by atoms with Gasteiger partial charge in [-0.05, 0) is 36.6 Å². The van der Waals surface area contributed by atoms with Gasteiger partial charge in [0.2, 0.25) is 0 Å². The highest BCUT2D eigenvalue weighted by Crippen LogP contribution is 2.13. The molecule has 2 rings (SSSR count). The van der Waals surface area contributed by atoms with Gasteiger partial charge in [-0.3, -0.25) is 4.90 Å². The molecule has 0 amide bonds. The van der Waals surface area contributed by atoms with E-state index in [1.165, 1.54) is 16.7 Å². The highest BCUT2D eigenvalue weighted by molar-refractivity contribution is 5.26. The van der Waals surface area contributed by atoms with Crippen molar-refractivity contribution in [2.75, 3.05) is 13.1 Å². The molecule has 0 N–H and O–H groups in total. The first-order valence-corrected chi connectivity index (χ1v) is 6.09. The number of benzene rings is 1. The highest BCUT2D eigenvalue weighted by atomic mass is 15.1. The zero-order valence-corrected chi connectivity index (χ0v) is 10.6. The summed E-state index contributed by atoms with van der Waals surface area (Å²) in [6.07, 6.45) is 4.40. The van der Waals surface area contributed by atoms with Gasteiger partial charge in [-0.1, -0.05) is 36.4 Å². The first-order valence-electron chi connectivity index (χ1n) is 6.09. The molecule has 1 aromatic rings. The lowest BCUT2D eigenvalue weighted by molar-refractivity contribution is 0.342. The molecule has 0 radical (unpaired) electrons. The fourth-order valence-corrected chi connectivity index (χ4v) is 1.94. The van der Waals surface area contributed by atoms with Crippen LogP contribution in [0, 0.1) is 0 Å². The molecule has 0 atom stereocenters. The van der Waals surface area contributed by atoms with Crippen molar-refractivity contribution in [1.82, 2.24) is 4.90 Å². The quantitative estimate of drug-likeness (QED) is 0.711. The third kappa shape index (κ3) is 3.74. The highest BCUT2D eigenvalue weighted by Gasteiger charge is 2.11. The van der Waals surface area contributed by atoms with Crippen LogP contribution in [-0.4, -0.2) is 18.0 Å². The van der Waals surface area contributed by atoms with Crippen LogP contribution in [0.4, 0.5) is 0 Å². The lowest BCUT2D eigenvalue weighted by Crippen LogP contribution is -2.19. The van der Waals surface area contributed by atoms with Crippen LogP contribution in [0.25, 0.3) is 0 Å². The molecular formula is C16H19N. The molecule has 1 aliphatic rings. The Balaban J connectivity index is 1.91. The van der Waals surface area contributed by atoms with Crippen LogP contribution in [0.2, 0.25) is 0 Å². The van der Waals surface area contributed by atoms with Crippen molar-refractivity contribution in [3.8, 4) is 0 Å². The number of nitrogens with zero attached hydrogens (tertiary/aromatic N) is 1. The van der Waals surface area contributed by atoms with E-state index in [0.717, 1.165) is 19.6 Å². The summed E-state index contributed by atoms with van der Waals surface area (Å²) in [6, 6.07) is 10.6. The van der Waals surface area contributed by atoms with Gasteiger partial charge in [-0.25, -0.2) is 0 Å². The van der Waals surface area contributed by atoms with E-state index in [-0.39, 0.29) is 0 Å².